The number of hydrogen-bond donors (Lipinski definition) is 1. The van der Waals surface area contributed by atoms with Crippen LogP contribution in [-0.2, 0) is 9.53 Å². The van der Waals surface area contributed by atoms with E-state index < -0.39 is 5.97 Å². The van der Waals surface area contributed by atoms with Crippen molar-refractivity contribution in [3.63, 3.8) is 0 Å². The van der Waals surface area contributed by atoms with E-state index >= 15 is 0 Å². The molecule has 0 saturated carbocycles. The lowest BCUT2D eigenvalue weighted by Crippen LogP contribution is -2.15. The van der Waals surface area contributed by atoms with Gasteiger partial charge < -0.3 is 14.8 Å². The first-order valence-corrected chi connectivity index (χ1v) is 12.7. The third-order valence-electron chi connectivity index (χ3n) is 5.05. The van der Waals surface area contributed by atoms with Gasteiger partial charge in [0.05, 0.1) is 17.7 Å². The summed E-state index contributed by atoms with van der Waals surface area (Å²) in [7, 11) is 0. The van der Waals surface area contributed by atoms with Gasteiger partial charge in [0.15, 0.2) is 0 Å². The average Bonchev–Trinajstić information content (AvgIpc) is 3.22. The molecule has 180 valence electrons. The van der Waals surface area contributed by atoms with E-state index in [1.165, 1.54) is 23.5 Å². The Kier molecular flexibility index (Phi) is 9.10. The van der Waals surface area contributed by atoms with Gasteiger partial charge in [-0.2, -0.15) is 0 Å². The van der Waals surface area contributed by atoms with Crippen LogP contribution in [-0.4, -0.2) is 25.1 Å². The minimum Gasteiger partial charge on any atom is -0.492 e. The lowest BCUT2D eigenvalue weighted by atomic mass is 10.0. The topological polar surface area (TPSA) is 64.6 Å². The van der Waals surface area contributed by atoms with Crippen molar-refractivity contribution in [1.29, 1.82) is 0 Å². The number of halogens is 3. The maximum Gasteiger partial charge on any atom is 0.341 e. The van der Waals surface area contributed by atoms with E-state index in [1.54, 1.807) is 24.4 Å². The molecule has 0 radical (unpaired) electrons. The molecular formula is C25H24BrClFNO4S. The predicted octanol–water partition coefficient (Wildman–Crippen LogP) is 7.56. The molecular weight excluding hydrogens is 545 g/mol. The third-order valence-corrected chi connectivity index (χ3v) is 7.52. The van der Waals surface area contributed by atoms with Crippen LogP contribution in [0.25, 0.3) is 11.1 Å². The summed E-state index contributed by atoms with van der Waals surface area (Å²) in [6.07, 6.45) is 0.680. The first kappa shape index (κ1) is 26.2. The van der Waals surface area contributed by atoms with Crippen molar-refractivity contribution in [2.24, 2.45) is 0 Å². The van der Waals surface area contributed by atoms with Crippen LogP contribution in [0.1, 0.15) is 41.3 Å². The Labute approximate surface area is 215 Å². The number of anilines is 1. The van der Waals surface area contributed by atoms with Crippen LogP contribution in [0.15, 0.2) is 40.2 Å². The van der Waals surface area contributed by atoms with Gasteiger partial charge in [-0.1, -0.05) is 23.7 Å². The van der Waals surface area contributed by atoms with Gasteiger partial charge in [-0.25, -0.2) is 9.18 Å². The summed E-state index contributed by atoms with van der Waals surface area (Å²) in [6, 6.07) is 7.67. The highest BCUT2D eigenvalue weighted by molar-refractivity contribution is 9.10. The Morgan fingerprint density at radius 3 is 2.59 bits per heavy atom. The Morgan fingerprint density at radius 2 is 1.91 bits per heavy atom. The summed E-state index contributed by atoms with van der Waals surface area (Å²) in [5.41, 5.74) is 3.32. The number of ether oxygens (including phenoxy) is 2. The molecule has 0 saturated heterocycles. The maximum absolute atomic E-state index is 13.3. The Bertz CT molecular complexity index is 1200. The number of esters is 1. The Hall–Kier alpha value is -2.42. The summed E-state index contributed by atoms with van der Waals surface area (Å²) in [4.78, 5) is 25.2. The zero-order chi connectivity index (χ0) is 24.8. The molecule has 0 atom stereocenters. The summed E-state index contributed by atoms with van der Waals surface area (Å²) in [6.45, 7) is 6.05. The SMILES string of the molecule is CCOC(=O)c1c(-c2ccc(F)cc2)csc1NC(=O)CCCOc1cc(C)c(Cl)c(C)c1Br. The molecule has 0 unspecified atom stereocenters. The van der Waals surface area contributed by atoms with Crippen molar-refractivity contribution in [3.05, 3.63) is 67.7 Å². The number of amides is 1. The first-order chi connectivity index (χ1) is 16.2. The van der Waals surface area contributed by atoms with Crippen LogP contribution in [0.3, 0.4) is 0 Å². The molecule has 0 spiro atoms. The van der Waals surface area contributed by atoms with Crippen LogP contribution < -0.4 is 10.1 Å². The predicted molar refractivity (Wildman–Crippen MR) is 138 cm³/mol. The Morgan fingerprint density at radius 1 is 1.21 bits per heavy atom. The van der Waals surface area contributed by atoms with Crippen LogP contribution in [0.2, 0.25) is 5.02 Å². The van der Waals surface area contributed by atoms with Gasteiger partial charge in [-0.15, -0.1) is 11.3 Å². The van der Waals surface area contributed by atoms with Crippen molar-refractivity contribution in [2.75, 3.05) is 18.5 Å². The molecule has 1 N–H and O–H groups in total. The van der Waals surface area contributed by atoms with E-state index in [-0.39, 0.29) is 30.3 Å². The van der Waals surface area contributed by atoms with Crippen molar-refractivity contribution in [2.45, 2.75) is 33.6 Å². The van der Waals surface area contributed by atoms with Gasteiger partial charge >= 0.3 is 5.97 Å². The number of carbonyl (C=O) groups is 2. The van der Waals surface area contributed by atoms with E-state index in [2.05, 4.69) is 21.2 Å². The highest BCUT2D eigenvalue weighted by Gasteiger charge is 2.23. The minimum absolute atomic E-state index is 0.196. The molecule has 0 aliphatic heterocycles. The number of nitrogens with one attached hydrogen (secondary N) is 1. The fraction of sp³-hybridized carbons (Fsp3) is 0.280. The first-order valence-electron chi connectivity index (χ1n) is 10.6. The second-order valence-electron chi connectivity index (χ2n) is 7.53. The van der Waals surface area contributed by atoms with Gasteiger partial charge in [0, 0.05) is 22.4 Å². The van der Waals surface area contributed by atoms with Crippen LogP contribution >= 0.6 is 38.9 Å². The number of carbonyl (C=O) groups excluding carboxylic acids is 2. The number of hydrogen-bond acceptors (Lipinski definition) is 5. The molecule has 34 heavy (non-hydrogen) atoms. The lowest BCUT2D eigenvalue weighted by Gasteiger charge is -2.13. The maximum atomic E-state index is 13.3. The number of rotatable bonds is 9. The number of thiophene rings is 1. The molecule has 0 fully saturated rings. The summed E-state index contributed by atoms with van der Waals surface area (Å²) in [5, 5.41) is 5.65. The van der Waals surface area contributed by atoms with Crippen LogP contribution in [0.4, 0.5) is 9.39 Å². The third kappa shape index (κ3) is 6.17. The summed E-state index contributed by atoms with van der Waals surface area (Å²) < 4.78 is 25.1. The normalized spacial score (nSPS) is 10.8. The van der Waals surface area contributed by atoms with E-state index in [0.717, 1.165) is 15.6 Å². The molecule has 5 nitrogen and oxygen atoms in total. The van der Waals surface area contributed by atoms with Crippen molar-refractivity contribution >= 4 is 55.7 Å². The fourth-order valence-electron chi connectivity index (χ4n) is 3.31. The smallest absolute Gasteiger partial charge is 0.341 e. The molecule has 0 aliphatic carbocycles. The fourth-order valence-corrected chi connectivity index (χ4v) is 4.97. The zero-order valence-corrected chi connectivity index (χ0v) is 22.1. The van der Waals surface area contributed by atoms with Crippen LogP contribution in [0, 0.1) is 19.7 Å². The quantitative estimate of drug-likeness (QED) is 0.214. The molecule has 1 heterocycles. The molecule has 1 amide bonds. The highest BCUT2D eigenvalue weighted by Crippen LogP contribution is 2.37. The molecule has 0 aliphatic rings. The molecule has 1 aromatic heterocycles. The van der Waals surface area contributed by atoms with Gasteiger partial charge in [0.25, 0.3) is 0 Å². The second kappa shape index (κ2) is 11.8. The monoisotopic (exact) mass is 567 g/mol. The minimum atomic E-state index is -0.542. The van der Waals surface area contributed by atoms with Gasteiger partial charge in [-0.3, -0.25) is 4.79 Å². The molecule has 3 rings (SSSR count). The van der Waals surface area contributed by atoms with Gasteiger partial charge in [-0.05, 0) is 78.0 Å². The van der Waals surface area contributed by atoms with E-state index in [0.29, 0.717) is 39.9 Å². The number of aryl methyl sites for hydroxylation is 1. The summed E-state index contributed by atoms with van der Waals surface area (Å²) >= 11 is 11.0. The largest absolute Gasteiger partial charge is 0.492 e. The van der Waals surface area contributed by atoms with Gasteiger partial charge in [0.2, 0.25) is 5.91 Å². The second-order valence-corrected chi connectivity index (χ2v) is 9.58. The highest BCUT2D eigenvalue weighted by atomic mass is 79.9. The zero-order valence-electron chi connectivity index (χ0n) is 19.0. The van der Waals surface area contributed by atoms with E-state index in [1.807, 2.05) is 19.9 Å². The van der Waals surface area contributed by atoms with Gasteiger partial charge in [0.1, 0.15) is 22.1 Å². The van der Waals surface area contributed by atoms with Crippen LogP contribution in [0.5, 0.6) is 5.75 Å². The van der Waals surface area contributed by atoms with Crippen molar-refractivity contribution in [3.8, 4) is 16.9 Å². The Balaban J connectivity index is 1.65. The molecule has 3 aromatic rings. The van der Waals surface area contributed by atoms with E-state index in [9.17, 15) is 14.0 Å². The van der Waals surface area contributed by atoms with Crippen molar-refractivity contribution < 1.29 is 23.5 Å². The van der Waals surface area contributed by atoms with E-state index in [4.69, 9.17) is 21.1 Å². The summed E-state index contributed by atoms with van der Waals surface area (Å²) in [5.74, 6) is -0.487. The molecule has 9 heteroatoms. The molecule has 2 aromatic carbocycles. The molecule has 0 bridgehead atoms. The average molecular weight is 569 g/mol. The number of benzene rings is 2. The standard InChI is InChI=1S/C25H24BrClFNO4S/c1-4-32-25(31)21-18(16-7-9-17(28)10-8-16)13-34-24(21)29-20(30)6-5-11-33-19-12-14(2)23(27)15(3)22(19)26/h7-10,12-13H,4-6,11H2,1-3H3,(H,29,30). The van der Waals surface area contributed by atoms with Crippen molar-refractivity contribution in [1.82, 2.24) is 0 Å². The lowest BCUT2D eigenvalue weighted by molar-refractivity contribution is -0.116.